The lowest BCUT2D eigenvalue weighted by Crippen LogP contribution is -2.15. The van der Waals surface area contributed by atoms with E-state index in [-0.39, 0.29) is 11.5 Å². The maximum atomic E-state index is 11.6. The largest absolute Gasteiger partial charge is 0.369 e. The Kier molecular flexibility index (Phi) is 1.93. The normalized spacial score (nSPS) is 20.6. The van der Waals surface area contributed by atoms with Gasteiger partial charge in [0, 0.05) is 6.54 Å². The summed E-state index contributed by atoms with van der Waals surface area (Å²) in [6.07, 6.45) is 2.67. The summed E-state index contributed by atoms with van der Waals surface area (Å²) in [6.45, 7) is 1.85. The minimum absolute atomic E-state index is 0.130. The third-order valence-corrected chi connectivity index (χ3v) is 2.88. The van der Waals surface area contributed by atoms with Crippen LogP contribution in [0.3, 0.4) is 0 Å². The summed E-state index contributed by atoms with van der Waals surface area (Å²) in [5.74, 6) is 0.130. The maximum Gasteiger partial charge on any atom is 0.280 e. The van der Waals surface area contributed by atoms with Gasteiger partial charge in [0.1, 0.15) is 0 Å². The first kappa shape index (κ1) is 9.34. The van der Waals surface area contributed by atoms with Gasteiger partial charge in [0.2, 0.25) is 5.95 Å². The Morgan fingerprint density at radius 3 is 3.19 bits per heavy atom. The first-order valence-electron chi connectivity index (χ1n) is 5.19. The number of nitrogens with one attached hydrogen (secondary N) is 2. The van der Waals surface area contributed by atoms with Gasteiger partial charge >= 0.3 is 0 Å². The van der Waals surface area contributed by atoms with Gasteiger partial charge < -0.3 is 15.6 Å². The zero-order chi connectivity index (χ0) is 11.1. The van der Waals surface area contributed by atoms with E-state index in [1.165, 1.54) is 0 Å². The number of aromatic amines is 1. The van der Waals surface area contributed by atoms with E-state index in [1.807, 2.05) is 4.57 Å². The van der Waals surface area contributed by atoms with Crippen molar-refractivity contribution in [1.82, 2.24) is 24.8 Å². The molecule has 4 N–H and O–H groups in total. The standard InChI is InChI=1S/C9H12N6O/c10-9-13-7-6(8(16)14-9)12-4-15(7)5-1-2-11-3-5/h4-5,11H,1-3H2,(H3,10,13,14,16). The average Bonchev–Trinajstić information content (AvgIpc) is 2.83. The highest BCUT2D eigenvalue weighted by molar-refractivity contribution is 5.70. The second-order valence-electron chi connectivity index (χ2n) is 3.92. The van der Waals surface area contributed by atoms with E-state index in [1.54, 1.807) is 6.33 Å². The van der Waals surface area contributed by atoms with Crippen molar-refractivity contribution in [3.05, 3.63) is 16.7 Å². The Balaban J connectivity index is 2.22. The van der Waals surface area contributed by atoms with Gasteiger partial charge in [-0.3, -0.25) is 9.78 Å². The molecular weight excluding hydrogens is 208 g/mol. The fourth-order valence-corrected chi connectivity index (χ4v) is 2.09. The molecule has 2 aromatic heterocycles. The van der Waals surface area contributed by atoms with Crippen molar-refractivity contribution in [3.63, 3.8) is 0 Å². The molecule has 84 valence electrons. The molecule has 1 aliphatic heterocycles. The molecule has 0 saturated carbocycles. The molecule has 2 aromatic rings. The van der Waals surface area contributed by atoms with E-state index in [9.17, 15) is 4.79 Å². The van der Waals surface area contributed by atoms with Crippen molar-refractivity contribution in [1.29, 1.82) is 0 Å². The molecular formula is C9H12N6O. The Morgan fingerprint density at radius 2 is 2.44 bits per heavy atom. The Hall–Kier alpha value is -1.89. The number of nitrogen functional groups attached to an aromatic ring is 1. The van der Waals surface area contributed by atoms with Gasteiger partial charge in [-0.05, 0) is 13.0 Å². The third kappa shape index (κ3) is 1.28. The lowest BCUT2D eigenvalue weighted by atomic mass is 10.2. The van der Waals surface area contributed by atoms with Crippen LogP contribution in [0.4, 0.5) is 5.95 Å². The van der Waals surface area contributed by atoms with Crippen LogP contribution in [-0.2, 0) is 0 Å². The molecule has 16 heavy (non-hydrogen) atoms. The third-order valence-electron chi connectivity index (χ3n) is 2.88. The number of anilines is 1. The van der Waals surface area contributed by atoms with Gasteiger partial charge in [0.15, 0.2) is 11.2 Å². The number of imidazole rings is 1. The molecule has 1 aliphatic rings. The molecule has 1 fully saturated rings. The minimum atomic E-state index is -0.285. The molecule has 3 heterocycles. The van der Waals surface area contributed by atoms with Crippen LogP contribution in [0.1, 0.15) is 12.5 Å². The van der Waals surface area contributed by atoms with Gasteiger partial charge in [-0.1, -0.05) is 0 Å². The highest BCUT2D eigenvalue weighted by Gasteiger charge is 2.20. The van der Waals surface area contributed by atoms with E-state index < -0.39 is 0 Å². The van der Waals surface area contributed by atoms with Crippen LogP contribution >= 0.6 is 0 Å². The molecule has 7 nitrogen and oxygen atoms in total. The quantitative estimate of drug-likeness (QED) is 0.586. The number of H-pyrrole nitrogens is 1. The molecule has 0 amide bonds. The number of hydrogen-bond donors (Lipinski definition) is 3. The van der Waals surface area contributed by atoms with Crippen LogP contribution in [0.15, 0.2) is 11.1 Å². The van der Waals surface area contributed by atoms with Crippen molar-refractivity contribution in [3.8, 4) is 0 Å². The van der Waals surface area contributed by atoms with E-state index >= 15 is 0 Å². The SMILES string of the molecule is Nc1nc2c(ncn2C2CCNC2)c(=O)[nH]1. The second-order valence-corrected chi connectivity index (χ2v) is 3.92. The Bertz CT molecular complexity index is 579. The molecule has 1 unspecified atom stereocenters. The number of fused-ring (bicyclic) bond motifs is 1. The Morgan fingerprint density at radius 1 is 1.56 bits per heavy atom. The molecule has 0 aromatic carbocycles. The van der Waals surface area contributed by atoms with Gasteiger partial charge in [-0.15, -0.1) is 0 Å². The monoisotopic (exact) mass is 220 g/mol. The minimum Gasteiger partial charge on any atom is -0.369 e. The van der Waals surface area contributed by atoms with Crippen molar-refractivity contribution >= 4 is 17.1 Å². The van der Waals surface area contributed by atoms with E-state index in [0.717, 1.165) is 19.5 Å². The van der Waals surface area contributed by atoms with E-state index in [2.05, 4.69) is 20.3 Å². The summed E-state index contributed by atoms with van der Waals surface area (Å²) in [7, 11) is 0. The molecule has 0 spiro atoms. The van der Waals surface area contributed by atoms with Crippen molar-refractivity contribution < 1.29 is 0 Å². The molecule has 0 bridgehead atoms. The number of rotatable bonds is 1. The van der Waals surface area contributed by atoms with Crippen molar-refractivity contribution in [2.24, 2.45) is 0 Å². The molecule has 0 aliphatic carbocycles. The smallest absolute Gasteiger partial charge is 0.280 e. The van der Waals surface area contributed by atoms with Crippen molar-refractivity contribution in [2.75, 3.05) is 18.8 Å². The summed E-state index contributed by atoms with van der Waals surface area (Å²) in [5, 5.41) is 3.26. The summed E-state index contributed by atoms with van der Waals surface area (Å²) < 4.78 is 1.92. The first-order valence-corrected chi connectivity index (χ1v) is 5.19. The molecule has 1 saturated heterocycles. The molecule has 7 heteroatoms. The van der Waals surface area contributed by atoms with Gasteiger partial charge in [0.05, 0.1) is 12.4 Å². The number of aromatic nitrogens is 4. The zero-order valence-corrected chi connectivity index (χ0v) is 8.60. The van der Waals surface area contributed by atoms with Gasteiger partial charge in [-0.2, -0.15) is 4.98 Å². The van der Waals surface area contributed by atoms with E-state index in [4.69, 9.17) is 5.73 Å². The van der Waals surface area contributed by atoms with Crippen LogP contribution in [0.25, 0.3) is 11.2 Å². The zero-order valence-electron chi connectivity index (χ0n) is 8.60. The van der Waals surface area contributed by atoms with Crippen LogP contribution in [-0.4, -0.2) is 32.6 Å². The molecule has 3 rings (SSSR count). The molecule has 1 atom stereocenters. The van der Waals surface area contributed by atoms with Crippen molar-refractivity contribution in [2.45, 2.75) is 12.5 Å². The predicted molar refractivity (Wildman–Crippen MR) is 59.1 cm³/mol. The van der Waals surface area contributed by atoms with Crippen LogP contribution < -0.4 is 16.6 Å². The lowest BCUT2D eigenvalue weighted by molar-refractivity contribution is 0.558. The average molecular weight is 220 g/mol. The number of nitrogens with two attached hydrogens (primary N) is 1. The van der Waals surface area contributed by atoms with Crippen LogP contribution in [0, 0.1) is 0 Å². The topological polar surface area (TPSA) is 102 Å². The van der Waals surface area contributed by atoms with Crippen LogP contribution in [0.2, 0.25) is 0 Å². The maximum absolute atomic E-state index is 11.6. The number of hydrogen-bond acceptors (Lipinski definition) is 5. The fraction of sp³-hybridized carbons (Fsp3) is 0.444. The molecule has 0 radical (unpaired) electrons. The Labute approximate surface area is 90.7 Å². The number of nitrogens with zero attached hydrogens (tertiary/aromatic N) is 3. The summed E-state index contributed by atoms with van der Waals surface area (Å²) >= 11 is 0. The fourth-order valence-electron chi connectivity index (χ4n) is 2.09. The lowest BCUT2D eigenvalue weighted by Gasteiger charge is -2.10. The van der Waals surface area contributed by atoms with Crippen LogP contribution in [0.5, 0.6) is 0 Å². The summed E-state index contributed by atoms with van der Waals surface area (Å²) in [5.41, 5.74) is 6.16. The van der Waals surface area contributed by atoms with E-state index in [0.29, 0.717) is 17.2 Å². The highest BCUT2D eigenvalue weighted by atomic mass is 16.1. The second kappa shape index (κ2) is 3.31. The predicted octanol–water partition coefficient (Wildman–Crippen LogP) is -0.764. The first-order chi connectivity index (χ1) is 7.75. The summed E-state index contributed by atoms with van der Waals surface area (Å²) in [4.78, 5) is 22.2. The van der Waals surface area contributed by atoms with Gasteiger partial charge in [0.25, 0.3) is 5.56 Å². The van der Waals surface area contributed by atoms with Gasteiger partial charge in [-0.25, -0.2) is 4.98 Å². The highest BCUT2D eigenvalue weighted by Crippen LogP contribution is 2.19. The summed E-state index contributed by atoms with van der Waals surface area (Å²) in [6, 6.07) is 0.304.